The first-order valence-electron chi connectivity index (χ1n) is 8.01. The molecule has 1 aromatic rings. The van der Waals surface area contributed by atoms with Gasteiger partial charge in [-0.3, -0.25) is 14.7 Å². The Hall–Kier alpha value is -1.30. The number of furan rings is 1. The van der Waals surface area contributed by atoms with Crippen LogP contribution in [0.25, 0.3) is 0 Å². The van der Waals surface area contributed by atoms with Crippen LogP contribution in [0, 0.1) is 5.92 Å². The van der Waals surface area contributed by atoms with Crippen molar-refractivity contribution in [2.45, 2.75) is 38.8 Å². The molecule has 0 N–H and O–H groups in total. The predicted molar refractivity (Wildman–Crippen MR) is 90.0 cm³/mol. The number of halogens is 1. The molecule has 0 bridgehead atoms. The molecule has 2 unspecified atom stereocenters. The van der Waals surface area contributed by atoms with Crippen molar-refractivity contribution < 1.29 is 14.0 Å². The van der Waals surface area contributed by atoms with Gasteiger partial charge in [0, 0.05) is 18.7 Å². The molecule has 2 aliphatic rings. The van der Waals surface area contributed by atoms with E-state index in [4.69, 9.17) is 9.25 Å². The summed E-state index contributed by atoms with van der Waals surface area (Å²) in [5, 5.41) is 1.67. The summed E-state index contributed by atoms with van der Waals surface area (Å²) < 4.78 is 5.31. The zero-order chi connectivity index (χ0) is 15.6. The summed E-state index contributed by atoms with van der Waals surface area (Å²) >= 11 is 0. The lowest BCUT2D eigenvalue weighted by atomic mass is 9.91. The largest absolute Gasteiger partial charge is 0.467 e. The third-order valence-electron chi connectivity index (χ3n) is 4.43. The van der Waals surface area contributed by atoms with E-state index in [1.807, 2.05) is 38.3 Å². The van der Waals surface area contributed by atoms with Crippen molar-refractivity contribution in [2.75, 3.05) is 19.6 Å². The van der Waals surface area contributed by atoms with Crippen molar-refractivity contribution in [1.29, 1.82) is 0 Å². The summed E-state index contributed by atoms with van der Waals surface area (Å²) in [7, 11) is 0. The summed E-state index contributed by atoms with van der Waals surface area (Å²) in [6, 6.07) is 3.74. The van der Waals surface area contributed by atoms with Crippen LogP contribution in [0.2, 0.25) is 0 Å². The van der Waals surface area contributed by atoms with E-state index in [1.165, 1.54) is 12.8 Å². The molecular weight excluding hydrogens is 316 g/mol. The highest BCUT2D eigenvalue weighted by Crippen LogP contribution is 2.28. The first-order chi connectivity index (χ1) is 10.6. The second-order valence-corrected chi connectivity index (χ2v) is 6.44. The van der Waals surface area contributed by atoms with E-state index in [0.717, 1.165) is 25.4 Å². The Balaban J connectivity index is 0.00000192. The van der Waals surface area contributed by atoms with E-state index < -0.39 is 5.60 Å². The topological polar surface area (TPSA) is 45.9 Å². The van der Waals surface area contributed by atoms with Crippen molar-refractivity contribution in [1.82, 2.24) is 9.96 Å². The Bertz CT molecular complexity index is 540. The van der Waals surface area contributed by atoms with Gasteiger partial charge in [0.25, 0.3) is 0 Å². The zero-order valence-electron chi connectivity index (χ0n) is 13.7. The minimum absolute atomic E-state index is 0. The number of carbonyl (C=O) groups is 1. The molecule has 3 heterocycles. The molecule has 6 heteroatoms. The van der Waals surface area contributed by atoms with Crippen molar-refractivity contribution in [3.8, 4) is 0 Å². The Morgan fingerprint density at radius 2 is 2.13 bits per heavy atom. The van der Waals surface area contributed by atoms with Crippen molar-refractivity contribution >= 4 is 18.2 Å². The molecule has 3 rings (SSSR count). The number of rotatable bonds is 6. The second kappa shape index (κ2) is 7.51. The number of ketones is 1. The average molecular weight is 341 g/mol. The molecule has 0 aliphatic carbocycles. The third kappa shape index (κ3) is 4.16. The minimum atomic E-state index is -0.869. The average Bonchev–Trinajstić information content (AvgIpc) is 3.22. The van der Waals surface area contributed by atoms with Crippen LogP contribution in [0.4, 0.5) is 0 Å². The number of hydrogen-bond donors (Lipinski definition) is 0. The standard InChI is InChI=1S/C17H24N2O3.ClH/c1-14(12-18-8-3-4-9-18)16(20)17(2)7-10-19(22-17)13-15-6-5-11-21-15;/h5-7,10-11,14H,3-4,8-9,12-13H2,1-2H3;1H. The van der Waals surface area contributed by atoms with Gasteiger partial charge in [-0.15, -0.1) is 12.4 Å². The highest BCUT2D eigenvalue weighted by molar-refractivity contribution is 5.91. The van der Waals surface area contributed by atoms with Crippen molar-refractivity contribution in [3.05, 3.63) is 36.4 Å². The smallest absolute Gasteiger partial charge is 0.175 e. The van der Waals surface area contributed by atoms with Gasteiger partial charge < -0.3 is 9.32 Å². The van der Waals surface area contributed by atoms with E-state index in [0.29, 0.717) is 6.54 Å². The molecule has 0 aromatic carbocycles. The lowest BCUT2D eigenvalue weighted by Crippen LogP contribution is -2.43. The van der Waals surface area contributed by atoms with Gasteiger partial charge in [-0.1, -0.05) is 6.92 Å². The Morgan fingerprint density at radius 1 is 1.39 bits per heavy atom. The number of hydroxylamine groups is 2. The normalized spacial score (nSPS) is 25.6. The van der Waals surface area contributed by atoms with E-state index in [2.05, 4.69) is 4.90 Å². The van der Waals surface area contributed by atoms with E-state index in [-0.39, 0.29) is 24.1 Å². The summed E-state index contributed by atoms with van der Waals surface area (Å²) in [6.45, 7) is 7.38. The van der Waals surface area contributed by atoms with Gasteiger partial charge in [0.1, 0.15) is 12.3 Å². The fourth-order valence-corrected chi connectivity index (χ4v) is 3.22. The van der Waals surface area contributed by atoms with Gasteiger partial charge >= 0.3 is 0 Å². The first-order valence-corrected chi connectivity index (χ1v) is 8.01. The maximum atomic E-state index is 12.7. The van der Waals surface area contributed by atoms with Crippen LogP contribution in [0.5, 0.6) is 0 Å². The molecule has 0 radical (unpaired) electrons. The molecule has 128 valence electrons. The lowest BCUT2D eigenvalue weighted by molar-refractivity contribution is -0.190. The summed E-state index contributed by atoms with van der Waals surface area (Å²) in [5.74, 6) is 0.917. The molecule has 0 amide bonds. The fraction of sp³-hybridized carbons (Fsp3) is 0.588. The molecular formula is C17H25ClN2O3. The predicted octanol–water partition coefficient (Wildman–Crippen LogP) is 3.02. The highest BCUT2D eigenvalue weighted by Gasteiger charge is 2.40. The van der Waals surface area contributed by atoms with E-state index >= 15 is 0 Å². The molecule has 1 saturated heterocycles. The van der Waals surface area contributed by atoms with Crippen LogP contribution in [-0.2, 0) is 16.2 Å². The number of nitrogens with zero attached hydrogens (tertiary/aromatic N) is 2. The summed E-state index contributed by atoms with van der Waals surface area (Å²) in [4.78, 5) is 21.0. The third-order valence-corrected chi connectivity index (χ3v) is 4.43. The van der Waals surface area contributed by atoms with Gasteiger partial charge in [0.15, 0.2) is 11.4 Å². The highest BCUT2D eigenvalue weighted by atomic mass is 35.5. The summed E-state index contributed by atoms with van der Waals surface area (Å²) in [5.41, 5.74) is -0.869. The van der Waals surface area contributed by atoms with Gasteiger partial charge in [-0.05, 0) is 51.1 Å². The maximum Gasteiger partial charge on any atom is 0.175 e. The van der Waals surface area contributed by atoms with Crippen molar-refractivity contribution in [2.24, 2.45) is 5.92 Å². The molecule has 23 heavy (non-hydrogen) atoms. The Kier molecular flexibility index (Phi) is 5.89. The van der Waals surface area contributed by atoms with Crippen LogP contribution in [0.1, 0.15) is 32.4 Å². The van der Waals surface area contributed by atoms with Crippen LogP contribution < -0.4 is 0 Å². The van der Waals surface area contributed by atoms with Crippen LogP contribution >= 0.6 is 12.4 Å². The van der Waals surface area contributed by atoms with Gasteiger partial charge in [-0.25, -0.2) is 0 Å². The number of hydrogen-bond acceptors (Lipinski definition) is 5. The Morgan fingerprint density at radius 3 is 2.78 bits per heavy atom. The van der Waals surface area contributed by atoms with Crippen LogP contribution in [0.15, 0.2) is 35.1 Å². The second-order valence-electron chi connectivity index (χ2n) is 6.44. The molecule has 2 aliphatic heterocycles. The maximum absolute atomic E-state index is 12.7. The number of Topliss-reactive ketones (excluding diaryl/α,β-unsaturated/α-hetero) is 1. The van der Waals surface area contributed by atoms with Gasteiger partial charge in [0.2, 0.25) is 0 Å². The Labute approximate surface area is 143 Å². The molecule has 0 saturated carbocycles. The van der Waals surface area contributed by atoms with Gasteiger partial charge in [-0.2, -0.15) is 0 Å². The first kappa shape index (κ1) is 18.0. The van der Waals surface area contributed by atoms with Gasteiger partial charge in [0.05, 0.1) is 6.26 Å². The number of carbonyl (C=O) groups excluding carboxylic acids is 1. The fourth-order valence-electron chi connectivity index (χ4n) is 3.22. The monoisotopic (exact) mass is 340 g/mol. The van der Waals surface area contributed by atoms with E-state index in [9.17, 15) is 4.79 Å². The van der Waals surface area contributed by atoms with Crippen LogP contribution in [0.3, 0.4) is 0 Å². The molecule has 0 spiro atoms. The SMILES string of the molecule is CC(CN1CCCC1)C(=O)C1(C)C=CN(Cc2ccco2)O1.Cl. The number of likely N-dealkylation sites (tertiary alicyclic amines) is 1. The minimum Gasteiger partial charge on any atom is -0.467 e. The van der Waals surface area contributed by atoms with E-state index in [1.54, 1.807) is 11.3 Å². The quantitative estimate of drug-likeness (QED) is 0.796. The molecule has 5 nitrogen and oxygen atoms in total. The molecule has 1 aromatic heterocycles. The lowest BCUT2D eigenvalue weighted by Gasteiger charge is -2.28. The molecule has 2 atom stereocenters. The van der Waals surface area contributed by atoms with Crippen LogP contribution in [-0.4, -0.2) is 41.0 Å². The molecule has 1 fully saturated rings. The van der Waals surface area contributed by atoms with Crippen molar-refractivity contribution in [3.63, 3.8) is 0 Å². The summed E-state index contributed by atoms with van der Waals surface area (Å²) in [6.07, 6.45) is 7.79. The zero-order valence-corrected chi connectivity index (χ0v) is 14.6.